The molecule has 2 saturated heterocycles. The van der Waals surface area contributed by atoms with Crippen LogP contribution < -0.4 is 14.4 Å². The zero-order valence-corrected chi connectivity index (χ0v) is 21.2. The van der Waals surface area contributed by atoms with E-state index in [1.165, 1.54) is 23.5 Å². The number of anilines is 1. The molecule has 0 spiro atoms. The molecule has 0 aromatic heterocycles. The molecule has 34 heavy (non-hydrogen) atoms. The van der Waals surface area contributed by atoms with Crippen LogP contribution in [-0.4, -0.2) is 73.7 Å². The van der Waals surface area contributed by atoms with Gasteiger partial charge in [-0.25, -0.2) is 21.6 Å². The van der Waals surface area contributed by atoms with Gasteiger partial charge in [-0.1, -0.05) is 23.7 Å². The fourth-order valence-corrected chi connectivity index (χ4v) is 7.14. The van der Waals surface area contributed by atoms with Crippen molar-refractivity contribution in [3.63, 3.8) is 0 Å². The molecule has 2 aliphatic rings. The number of hydrogen-bond acceptors (Lipinski definition) is 7. The first-order valence-electron chi connectivity index (χ1n) is 11.0. The molecule has 0 radical (unpaired) electrons. The minimum Gasteiger partial charge on any atom is -0.495 e. The maximum Gasteiger partial charge on any atom is 0.244 e. The highest BCUT2D eigenvalue weighted by molar-refractivity contribution is 7.89. The zero-order valence-electron chi connectivity index (χ0n) is 18.8. The summed E-state index contributed by atoms with van der Waals surface area (Å²) in [4.78, 5) is 2.12. The van der Waals surface area contributed by atoms with Crippen molar-refractivity contribution in [2.75, 3.05) is 51.3 Å². The lowest BCUT2D eigenvalue weighted by molar-refractivity contribution is 0.114. The smallest absolute Gasteiger partial charge is 0.244 e. The Balaban J connectivity index is 1.49. The van der Waals surface area contributed by atoms with Crippen LogP contribution in [0.15, 0.2) is 52.3 Å². The number of hydrogen-bond donors (Lipinski definition) is 1. The maximum absolute atomic E-state index is 13.0. The molecule has 0 aliphatic carbocycles. The van der Waals surface area contributed by atoms with Crippen LogP contribution in [0.4, 0.5) is 5.69 Å². The molecule has 2 aromatic carbocycles. The van der Waals surface area contributed by atoms with Gasteiger partial charge in [0.05, 0.1) is 28.8 Å². The van der Waals surface area contributed by atoms with Crippen molar-refractivity contribution in [3.8, 4) is 5.75 Å². The lowest BCUT2D eigenvalue weighted by Crippen LogP contribution is -2.48. The lowest BCUT2D eigenvalue weighted by atomic mass is 10.2. The van der Waals surface area contributed by atoms with Gasteiger partial charge < -0.3 is 14.4 Å². The third kappa shape index (κ3) is 5.34. The molecule has 2 fully saturated rings. The average Bonchev–Trinajstić information content (AvgIpc) is 3.36. The molecule has 0 saturated carbocycles. The number of nitrogens with zero attached hydrogens (tertiary/aromatic N) is 2. The van der Waals surface area contributed by atoms with Crippen molar-refractivity contribution in [2.45, 2.75) is 28.7 Å². The number of sulfonamides is 2. The quantitative estimate of drug-likeness (QED) is 0.559. The van der Waals surface area contributed by atoms with E-state index in [2.05, 4.69) is 4.72 Å². The molecule has 0 amide bonds. The largest absolute Gasteiger partial charge is 0.495 e. The number of rotatable bonds is 8. The highest BCUT2D eigenvalue weighted by Gasteiger charge is 2.31. The maximum atomic E-state index is 13.0. The van der Waals surface area contributed by atoms with Crippen molar-refractivity contribution >= 4 is 37.3 Å². The fourth-order valence-electron chi connectivity index (χ4n) is 4.14. The molecule has 2 heterocycles. The second kappa shape index (κ2) is 10.4. The van der Waals surface area contributed by atoms with Gasteiger partial charge in [0.25, 0.3) is 0 Å². The van der Waals surface area contributed by atoms with Gasteiger partial charge in [-0.15, -0.1) is 0 Å². The Labute approximate surface area is 205 Å². The predicted octanol–water partition coefficient (Wildman–Crippen LogP) is 2.32. The van der Waals surface area contributed by atoms with Crippen molar-refractivity contribution in [1.82, 2.24) is 9.03 Å². The number of piperazine rings is 1. The summed E-state index contributed by atoms with van der Waals surface area (Å²) in [5, 5.41) is 0.181. The van der Waals surface area contributed by atoms with Crippen LogP contribution in [0, 0.1) is 0 Å². The number of benzene rings is 2. The van der Waals surface area contributed by atoms with Gasteiger partial charge in [-0.2, -0.15) is 4.31 Å². The standard InChI is InChI=1S/C22H28ClN3O6S2/c1-31-21-9-8-18(33(27,28)24-16-17-5-4-14-32-17)15-20(21)25-10-12-26(13-11-25)34(29,30)22-7-3-2-6-19(22)23/h2-3,6-9,15,17,24H,4-5,10-14,16H2,1H3. The van der Waals surface area contributed by atoms with Crippen molar-refractivity contribution in [2.24, 2.45) is 0 Å². The third-order valence-electron chi connectivity index (χ3n) is 6.02. The Morgan fingerprint density at radius 3 is 2.47 bits per heavy atom. The second-order valence-corrected chi connectivity index (χ2v) is 12.2. The summed E-state index contributed by atoms with van der Waals surface area (Å²) in [5.41, 5.74) is 0.595. The van der Waals surface area contributed by atoms with E-state index in [4.69, 9.17) is 21.1 Å². The van der Waals surface area contributed by atoms with Gasteiger partial charge in [-0.05, 0) is 43.2 Å². The number of nitrogens with one attached hydrogen (secondary N) is 1. The fraction of sp³-hybridized carbons (Fsp3) is 0.455. The van der Waals surface area contributed by atoms with E-state index in [1.54, 1.807) is 30.3 Å². The Morgan fingerprint density at radius 1 is 1.09 bits per heavy atom. The predicted molar refractivity (Wildman–Crippen MR) is 130 cm³/mol. The lowest BCUT2D eigenvalue weighted by Gasteiger charge is -2.36. The summed E-state index contributed by atoms with van der Waals surface area (Å²) in [7, 11) is -5.96. The molecule has 1 N–H and O–H groups in total. The molecule has 0 bridgehead atoms. The van der Waals surface area contributed by atoms with Crippen LogP contribution in [0.25, 0.3) is 0 Å². The molecular formula is C22H28ClN3O6S2. The number of methoxy groups -OCH3 is 1. The van der Waals surface area contributed by atoms with Gasteiger partial charge in [0, 0.05) is 39.3 Å². The minimum atomic E-state index is -3.74. The Kier molecular flexibility index (Phi) is 7.70. The van der Waals surface area contributed by atoms with Crippen LogP contribution in [0.1, 0.15) is 12.8 Å². The third-order valence-corrected chi connectivity index (χ3v) is 9.84. The highest BCUT2D eigenvalue weighted by Crippen LogP contribution is 2.33. The number of halogens is 1. The van der Waals surface area contributed by atoms with Crippen LogP contribution in [0.3, 0.4) is 0 Å². The minimum absolute atomic E-state index is 0.0769. The summed E-state index contributed by atoms with van der Waals surface area (Å²) in [5.74, 6) is 0.514. The van der Waals surface area contributed by atoms with Crippen LogP contribution in [0.5, 0.6) is 5.75 Å². The van der Waals surface area contributed by atoms with Crippen molar-refractivity contribution in [1.29, 1.82) is 0 Å². The summed E-state index contributed by atoms with van der Waals surface area (Å²) >= 11 is 6.12. The van der Waals surface area contributed by atoms with Gasteiger partial charge in [0.2, 0.25) is 20.0 Å². The Bertz CT molecular complexity index is 1220. The molecule has 12 heteroatoms. The van der Waals surface area contributed by atoms with Gasteiger partial charge in [0.15, 0.2) is 0 Å². The van der Waals surface area contributed by atoms with Crippen molar-refractivity contribution in [3.05, 3.63) is 47.5 Å². The number of ether oxygens (including phenoxy) is 2. The van der Waals surface area contributed by atoms with Gasteiger partial charge in [0.1, 0.15) is 10.6 Å². The molecule has 186 valence electrons. The van der Waals surface area contributed by atoms with Crippen LogP contribution in [0.2, 0.25) is 5.02 Å². The first-order chi connectivity index (χ1) is 16.2. The highest BCUT2D eigenvalue weighted by atomic mass is 35.5. The van der Waals surface area contributed by atoms with Gasteiger partial charge in [-0.3, -0.25) is 0 Å². The van der Waals surface area contributed by atoms with E-state index in [1.807, 2.05) is 4.90 Å². The molecule has 9 nitrogen and oxygen atoms in total. The van der Waals surface area contributed by atoms with Crippen molar-refractivity contribution < 1.29 is 26.3 Å². The SMILES string of the molecule is COc1ccc(S(=O)(=O)NCC2CCCO2)cc1N1CCN(S(=O)(=O)c2ccccc2Cl)CC1. The second-order valence-electron chi connectivity index (χ2n) is 8.14. The van der Waals surface area contributed by atoms with E-state index >= 15 is 0 Å². The molecular weight excluding hydrogens is 502 g/mol. The van der Waals surface area contributed by atoms with E-state index < -0.39 is 20.0 Å². The summed E-state index contributed by atoms with van der Waals surface area (Å²) < 4.78 is 66.8. The summed E-state index contributed by atoms with van der Waals surface area (Å²) in [6.45, 7) is 2.06. The van der Waals surface area contributed by atoms with E-state index in [0.717, 1.165) is 12.8 Å². The van der Waals surface area contributed by atoms with Gasteiger partial charge >= 0.3 is 0 Å². The monoisotopic (exact) mass is 529 g/mol. The Hall–Kier alpha value is -1.89. The zero-order chi connectivity index (χ0) is 24.3. The topological polar surface area (TPSA) is 105 Å². The van der Waals surface area contributed by atoms with Crippen LogP contribution >= 0.6 is 11.6 Å². The first kappa shape index (κ1) is 25.2. The molecule has 1 atom stereocenters. The van der Waals surface area contributed by atoms with E-state index in [9.17, 15) is 16.8 Å². The molecule has 4 rings (SSSR count). The van der Waals surface area contributed by atoms with Crippen LogP contribution in [-0.2, 0) is 24.8 Å². The Morgan fingerprint density at radius 2 is 1.82 bits per heavy atom. The summed E-state index contributed by atoms with van der Waals surface area (Å²) in [6.07, 6.45) is 1.65. The first-order valence-corrected chi connectivity index (χ1v) is 14.3. The summed E-state index contributed by atoms with van der Waals surface area (Å²) in [6, 6.07) is 11.0. The molecule has 1 unspecified atom stereocenters. The van der Waals surface area contributed by atoms with E-state index in [0.29, 0.717) is 31.1 Å². The average molecular weight is 530 g/mol. The van der Waals surface area contributed by atoms with E-state index in [-0.39, 0.29) is 40.6 Å². The molecule has 2 aromatic rings. The molecule has 2 aliphatic heterocycles. The normalized spacial score (nSPS) is 19.9.